The summed E-state index contributed by atoms with van der Waals surface area (Å²) in [6.45, 7) is 1.25. The number of ether oxygens (including phenoxy) is 4. The van der Waals surface area contributed by atoms with E-state index in [1.807, 2.05) is 12.1 Å². The lowest BCUT2D eigenvalue weighted by Crippen LogP contribution is -2.30. The third kappa shape index (κ3) is 6.55. The summed E-state index contributed by atoms with van der Waals surface area (Å²) in [7, 11) is 4.43. The van der Waals surface area contributed by atoms with Crippen molar-refractivity contribution in [3.8, 4) is 23.0 Å². The summed E-state index contributed by atoms with van der Waals surface area (Å²) in [5, 5.41) is 10.7. The first kappa shape index (κ1) is 28.5. The number of carbonyl (C=O) groups excluding carboxylic acids is 2. The molecule has 1 aromatic heterocycles. The minimum atomic E-state index is -0.865. The van der Waals surface area contributed by atoms with E-state index in [0.29, 0.717) is 48.2 Å². The number of hydrogen-bond acceptors (Lipinski definition) is 10. The van der Waals surface area contributed by atoms with Gasteiger partial charge in [0.25, 0.3) is 5.91 Å². The number of methoxy groups -OCH3 is 3. The molecule has 4 rings (SSSR count). The molecule has 1 atom stereocenters. The smallest absolute Gasteiger partial charge is 0.306 e. The highest BCUT2D eigenvalue weighted by molar-refractivity contribution is 5.75. The summed E-state index contributed by atoms with van der Waals surface area (Å²) in [5.41, 5.74) is 7.28. The highest BCUT2D eigenvalue weighted by Crippen LogP contribution is 2.36. The van der Waals surface area contributed by atoms with E-state index in [2.05, 4.69) is 4.90 Å². The van der Waals surface area contributed by atoms with Gasteiger partial charge in [0.05, 0.1) is 40.2 Å². The van der Waals surface area contributed by atoms with Crippen LogP contribution in [0.4, 0.5) is 0 Å². The molecule has 1 aliphatic heterocycles. The van der Waals surface area contributed by atoms with Crippen molar-refractivity contribution in [2.24, 2.45) is 5.73 Å². The number of fused-ring (bicyclic) bond motifs is 1. The molecule has 11 heteroatoms. The molecule has 212 valence electrons. The average Bonchev–Trinajstić information content (AvgIpc) is 2.95. The molecule has 0 radical (unpaired) electrons. The highest BCUT2D eigenvalue weighted by atomic mass is 16.5. The number of aromatic hydroxyl groups is 1. The first-order valence-corrected chi connectivity index (χ1v) is 12.6. The van der Waals surface area contributed by atoms with Gasteiger partial charge in [-0.25, -0.2) is 0 Å². The fourth-order valence-electron chi connectivity index (χ4n) is 4.75. The Morgan fingerprint density at radius 3 is 2.48 bits per heavy atom. The largest absolute Gasteiger partial charge is 0.502 e. The molecule has 0 unspecified atom stereocenters. The Balaban J connectivity index is 1.64. The Morgan fingerprint density at radius 1 is 1.07 bits per heavy atom. The van der Waals surface area contributed by atoms with Crippen LogP contribution in [-0.4, -0.2) is 56.4 Å². The number of carbonyl (C=O) groups is 2. The van der Waals surface area contributed by atoms with Crippen molar-refractivity contribution in [3.63, 3.8) is 0 Å². The topological polar surface area (TPSA) is 151 Å². The van der Waals surface area contributed by atoms with E-state index in [1.165, 1.54) is 13.2 Å². The van der Waals surface area contributed by atoms with Crippen LogP contribution in [0.5, 0.6) is 23.0 Å². The molecule has 0 saturated heterocycles. The summed E-state index contributed by atoms with van der Waals surface area (Å²) < 4.78 is 27.2. The van der Waals surface area contributed by atoms with Gasteiger partial charge < -0.3 is 34.2 Å². The number of esters is 1. The van der Waals surface area contributed by atoms with Crippen LogP contribution >= 0.6 is 0 Å². The average molecular weight is 553 g/mol. The summed E-state index contributed by atoms with van der Waals surface area (Å²) in [5.74, 6) is -0.787. The molecule has 1 aliphatic rings. The van der Waals surface area contributed by atoms with E-state index in [-0.39, 0.29) is 18.8 Å². The molecule has 0 aliphatic carbocycles. The third-order valence-corrected chi connectivity index (χ3v) is 6.73. The van der Waals surface area contributed by atoms with E-state index < -0.39 is 29.0 Å². The van der Waals surface area contributed by atoms with Crippen molar-refractivity contribution in [2.75, 3.05) is 34.5 Å². The lowest BCUT2D eigenvalue weighted by Gasteiger charge is -2.29. The lowest BCUT2D eigenvalue weighted by molar-refractivity contribution is -0.141. The molecule has 0 bridgehead atoms. The molecule has 0 saturated carbocycles. The van der Waals surface area contributed by atoms with Crippen LogP contribution in [0.1, 0.15) is 40.5 Å². The second kappa shape index (κ2) is 12.6. The molecule has 0 spiro atoms. The minimum absolute atomic E-state index is 0.0660. The fourth-order valence-corrected chi connectivity index (χ4v) is 4.75. The van der Waals surface area contributed by atoms with Crippen molar-refractivity contribution in [1.82, 2.24) is 4.90 Å². The molecule has 1 amide bonds. The zero-order valence-electron chi connectivity index (χ0n) is 22.6. The van der Waals surface area contributed by atoms with Crippen LogP contribution in [0, 0.1) is 0 Å². The molecular formula is C29H32N2O9. The quantitative estimate of drug-likeness (QED) is 0.340. The van der Waals surface area contributed by atoms with Crippen molar-refractivity contribution >= 4 is 11.9 Å². The van der Waals surface area contributed by atoms with E-state index >= 15 is 0 Å². The Labute approximate surface area is 231 Å². The number of benzene rings is 2. The first-order valence-electron chi connectivity index (χ1n) is 12.6. The third-order valence-electron chi connectivity index (χ3n) is 6.73. The summed E-state index contributed by atoms with van der Waals surface area (Å²) in [6.07, 6.45) is 0.544. The van der Waals surface area contributed by atoms with Gasteiger partial charge in [0.1, 0.15) is 11.5 Å². The van der Waals surface area contributed by atoms with Gasteiger partial charge in [-0.15, -0.1) is 0 Å². The van der Waals surface area contributed by atoms with E-state index in [4.69, 9.17) is 29.1 Å². The Morgan fingerprint density at radius 2 is 1.80 bits per heavy atom. The van der Waals surface area contributed by atoms with E-state index in [9.17, 15) is 19.5 Å². The molecule has 0 fully saturated rings. The van der Waals surface area contributed by atoms with Gasteiger partial charge in [-0.2, -0.15) is 0 Å². The molecule has 11 nitrogen and oxygen atoms in total. The van der Waals surface area contributed by atoms with E-state index in [0.717, 1.165) is 17.5 Å². The number of primary amides is 1. The van der Waals surface area contributed by atoms with Crippen molar-refractivity contribution in [1.29, 1.82) is 0 Å². The highest BCUT2D eigenvalue weighted by Gasteiger charge is 2.28. The summed E-state index contributed by atoms with van der Waals surface area (Å²) in [6, 6.07) is 11.7. The molecule has 3 aromatic rings. The molecular weight excluding hydrogens is 520 g/mol. The van der Waals surface area contributed by atoms with Gasteiger partial charge in [-0.05, 0) is 47.4 Å². The SMILES string of the molecule is COC(=O)C[C@H](c1cccc(OCC(N)=O)c1)c1oc(CN2CCc3cc(OC)c(OC)cc3C2)cc(=O)c1O. The normalized spacial score (nSPS) is 13.7. The molecule has 40 heavy (non-hydrogen) atoms. The monoisotopic (exact) mass is 552 g/mol. The van der Waals surface area contributed by atoms with Gasteiger partial charge in [0, 0.05) is 19.2 Å². The predicted octanol–water partition coefficient (Wildman–Crippen LogP) is 2.48. The van der Waals surface area contributed by atoms with Crippen LogP contribution in [0.2, 0.25) is 0 Å². The standard InChI is InChI=1S/C29H32N2O9/c1-36-24-10-17-7-8-31(14-19(17)11-25(24)37-2)15-21-12-23(32)28(35)29(40-21)22(13-27(34)38-3)18-5-4-6-20(9-18)39-16-26(30)33/h4-6,9-12,22,35H,7-8,13-16H2,1-3H3,(H2,30,33)/t22-/m1/s1. The summed E-state index contributed by atoms with van der Waals surface area (Å²) >= 11 is 0. The van der Waals surface area contributed by atoms with Gasteiger partial charge in [0.15, 0.2) is 23.9 Å². The van der Waals surface area contributed by atoms with Crippen LogP contribution in [0.3, 0.4) is 0 Å². The Kier molecular flexibility index (Phi) is 8.95. The minimum Gasteiger partial charge on any atom is -0.502 e. The number of hydrogen-bond donors (Lipinski definition) is 2. The molecule has 2 aromatic carbocycles. The maximum atomic E-state index is 12.8. The number of nitrogens with zero attached hydrogens (tertiary/aromatic N) is 1. The van der Waals surface area contributed by atoms with Crippen LogP contribution in [-0.2, 0) is 33.8 Å². The van der Waals surface area contributed by atoms with Crippen LogP contribution in [0.25, 0.3) is 0 Å². The van der Waals surface area contributed by atoms with Crippen LogP contribution < -0.4 is 25.4 Å². The first-order chi connectivity index (χ1) is 19.2. The van der Waals surface area contributed by atoms with Gasteiger partial charge in [-0.3, -0.25) is 19.3 Å². The maximum absolute atomic E-state index is 12.8. The Bertz CT molecular complexity index is 1450. The summed E-state index contributed by atoms with van der Waals surface area (Å²) in [4.78, 5) is 38.4. The van der Waals surface area contributed by atoms with Crippen molar-refractivity contribution in [2.45, 2.75) is 31.8 Å². The van der Waals surface area contributed by atoms with Gasteiger partial charge in [0.2, 0.25) is 11.2 Å². The van der Waals surface area contributed by atoms with Gasteiger partial charge >= 0.3 is 5.97 Å². The lowest BCUT2D eigenvalue weighted by atomic mass is 9.92. The van der Waals surface area contributed by atoms with Gasteiger partial charge in [-0.1, -0.05) is 12.1 Å². The Hall–Kier alpha value is -4.51. The molecule has 2 heterocycles. The van der Waals surface area contributed by atoms with Crippen molar-refractivity contribution in [3.05, 3.63) is 80.9 Å². The number of amides is 1. The number of nitrogens with two attached hydrogens (primary N) is 1. The van der Waals surface area contributed by atoms with E-state index in [1.54, 1.807) is 38.5 Å². The zero-order chi connectivity index (χ0) is 28.8. The molecule has 3 N–H and O–H groups in total. The second-order valence-corrected chi connectivity index (χ2v) is 9.39. The maximum Gasteiger partial charge on any atom is 0.306 e. The van der Waals surface area contributed by atoms with Crippen LogP contribution in [0.15, 0.2) is 51.7 Å². The second-order valence-electron chi connectivity index (χ2n) is 9.39. The zero-order valence-corrected chi connectivity index (χ0v) is 22.6. The predicted molar refractivity (Wildman–Crippen MR) is 144 cm³/mol. The van der Waals surface area contributed by atoms with Crippen molar-refractivity contribution < 1.29 is 38.1 Å². The number of rotatable bonds is 11. The fraction of sp³-hybridized carbons (Fsp3) is 0.345.